The monoisotopic (exact) mass is 849 g/mol. The van der Waals surface area contributed by atoms with Crippen LogP contribution in [0.25, 0.3) is 33.5 Å². The standard InChI is InChI=1S/C48H55N11O4/c1-29-24-33(6-12-38(29)30(2)51-45(61)44-53-46(63-56-44)48(3,4)5)42-39-25-35(27-50-43(39)55-54-42)40-13-7-34(26-49-40)32-16-19-57(20-17-32)28-31-14-21-58(22-15-31)36-8-10-37(11-9-36)59-23-18-41(60)52-47(59)62/h6-13,24-27,30-32H,14-23,28H2,1-5H3,(H,51,61)(H,50,54,55)(H,52,60,62)/t30-/m1/s1. The molecule has 0 aliphatic carbocycles. The maximum Gasteiger partial charge on any atom is 0.328 e. The summed E-state index contributed by atoms with van der Waals surface area (Å²) >= 11 is 0. The summed E-state index contributed by atoms with van der Waals surface area (Å²) in [7, 11) is 0. The maximum absolute atomic E-state index is 12.9. The fourth-order valence-corrected chi connectivity index (χ4v) is 9.19. The molecule has 3 N–H and O–H groups in total. The molecule has 6 aromatic rings. The van der Waals surface area contributed by atoms with Crippen molar-refractivity contribution in [1.29, 1.82) is 0 Å². The van der Waals surface area contributed by atoms with E-state index in [-0.39, 0.29) is 35.1 Å². The summed E-state index contributed by atoms with van der Waals surface area (Å²) in [6.07, 6.45) is 8.80. The number of H-pyrrole nitrogens is 1. The van der Waals surface area contributed by atoms with Crippen molar-refractivity contribution in [2.24, 2.45) is 5.92 Å². The zero-order valence-electron chi connectivity index (χ0n) is 36.6. The number of aryl methyl sites for hydroxylation is 1. The van der Waals surface area contributed by atoms with E-state index in [9.17, 15) is 14.4 Å². The van der Waals surface area contributed by atoms with Crippen LogP contribution in [0.15, 0.2) is 77.6 Å². The number of hydrogen-bond acceptors (Lipinski definition) is 11. The predicted molar refractivity (Wildman–Crippen MR) is 241 cm³/mol. The van der Waals surface area contributed by atoms with E-state index in [0.717, 1.165) is 90.3 Å². The Hall–Kier alpha value is -6.48. The molecule has 3 aliphatic heterocycles. The van der Waals surface area contributed by atoms with E-state index >= 15 is 0 Å². The van der Waals surface area contributed by atoms with E-state index in [0.29, 0.717) is 36.3 Å². The molecule has 7 heterocycles. The van der Waals surface area contributed by atoms with Gasteiger partial charge in [-0.3, -0.25) is 29.9 Å². The molecule has 15 heteroatoms. The number of amides is 4. The summed E-state index contributed by atoms with van der Waals surface area (Å²) in [6.45, 7) is 15.6. The zero-order chi connectivity index (χ0) is 43.8. The quantitative estimate of drug-likeness (QED) is 0.123. The molecule has 0 unspecified atom stereocenters. The van der Waals surface area contributed by atoms with E-state index in [1.807, 2.05) is 71.3 Å². The number of nitrogens with zero attached hydrogens (tertiary/aromatic N) is 8. The van der Waals surface area contributed by atoms with Crippen molar-refractivity contribution in [3.05, 3.63) is 101 Å². The number of rotatable bonds is 10. The first-order valence-electron chi connectivity index (χ1n) is 22.1. The normalized spacial score (nSPS) is 17.6. The van der Waals surface area contributed by atoms with E-state index < -0.39 is 0 Å². The van der Waals surface area contributed by atoms with Crippen molar-refractivity contribution in [3.63, 3.8) is 0 Å². The lowest BCUT2D eigenvalue weighted by Gasteiger charge is -2.38. The molecule has 3 aliphatic rings. The molecule has 4 aromatic heterocycles. The van der Waals surface area contributed by atoms with Gasteiger partial charge in [0.25, 0.3) is 11.7 Å². The Balaban J connectivity index is 0.767. The molecule has 0 radical (unpaired) electrons. The molecule has 3 fully saturated rings. The lowest BCUT2D eigenvalue weighted by Crippen LogP contribution is -2.49. The van der Waals surface area contributed by atoms with E-state index in [4.69, 9.17) is 14.5 Å². The van der Waals surface area contributed by atoms with Gasteiger partial charge in [0.15, 0.2) is 5.65 Å². The van der Waals surface area contributed by atoms with Crippen LogP contribution < -0.4 is 20.4 Å². The van der Waals surface area contributed by atoms with Crippen LogP contribution in [0.4, 0.5) is 16.2 Å². The Bertz CT molecular complexity index is 2620. The van der Waals surface area contributed by atoms with E-state index in [1.165, 1.54) is 24.1 Å². The highest BCUT2D eigenvalue weighted by atomic mass is 16.5. The van der Waals surface area contributed by atoms with Gasteiger partial charge in [-0.2, -0.15) is 10.1 Å². The molecule has 63 heavy (non-hydrogen) atoms. The van der Waals surface area contributed by atoms with Crippen molar-refractivity contribution >= 4 is 40.3 Å². The Kier molecular flexibility index (Phi) is 11.5. The van der Waals surface area contributed by atoms with Gasteiger partial charge in [0, 0.05) is 78.3 Å². The SMILES string of the molecule is Cc1cc(-c2n[nH]c3ncc(-c4ccc(C5CCN(CC6CCN(c7ccc(N8CCC(=O)NC8=O)cc7)CC6)CC5)cn4)cc23)ccc1[C@@H](C)NC(=O)c1noc(C(C)(C)C)n1. The van der Waals surface area contributed by atoms with Gasteiger partial charge in [-0.25, -0.2) is 9.78 Å². The lowest BCUT2D eigenvalue weighted by atomic mass is 9.89. The van der Waals surface area contributed by atoms with Gasteiger partial charge < -0.3 is 19.6 Å². The number of imide groups is 1. The highest BCUT2D eigenvalue weighted by Gasteiger charge is 2.28. The molecule has 15 nitrogen and oxygen atoms in total. The number of urea groups is 1. The van der Waals surface area contributed by atoms with E-state index in [2.05, 4.69) is 77.2 Å². The average molecular weight is 850 g/mol. The minimum absolute atomic E-state index is 0.0209. The van der Waals surface area contributed by atoms with Crippen molar-refractivity contribution in [2.45, 2.75) is 84.1 Å². The summed E-state index contributed by atoms with van der Waals surface area (Å²) in [5, 5.41) is 18.0. The third kappa shape index (κ3) is 9.06. The third-order valence-corrected chi connectivity index (χ3v) is 12.9. The molecule has 4 amide bonds. The van der Waals surface area contributed by atoms with Gasteiger partial charge in [0.1, 0.15) is 5.69 Å². The summed E-state index contributed by atoms with van der Waals surface area (Å²) in [5.74, 6) is 1.02. The van der Waals surface area contributed by atoms with Gasteiger partial charge >= 0.3 is 6.03 Å². The summed E-state index contributed by atoms with van der Waals surface area (Å²) in [5.41, 5.74) is 9.19. The van der Waals surface area contributed by atoms with Crippen LogP contribution in [0.1, 0.15) is 105 Å². The van der Waals surface area contributed by atoms with Gasteiger partial charge in [0.2, 0.25) is 11.8 Å². The molecule has 2 aromatic carbocycles. The molecule has 3 saturated heterocycles. The van der Waals surface area contributed by atoms with Crippen molar-refractivity contribution < 1.29 is 18.9 Å². The average Bonchev–Trinajstić information content (AvgIpc) is 3.96. The Morgan fingerprint density at radius 3 is 2.33 bits per heavy atom. The minimum Gasteiger partial charge on any atom is -0.372 e. The number of likely N-dealkylation sites (tertiary alicyclic amines) is 1. The second-order valence-electron chi connectivity index (χ2n) is 18.4. The van der Waals surface area contributed by atoms with Crippen LogP contribution in [0.3, 0.4) is 0 Å². The van der Waals surface area contributed by atoms with Crippen LogP contribution in [-0.2, 0) is 10.2 Å². The number of aromatic nitrogens is 6. The first-order valence-corrected chi connectivity index (χ1v) is 22.1. The number of piperidine rings is 2. The molecule has 326 valence electrons. The number of nitrogens with one attached hydrogen (secondary N) is 3. The third-order valence-electron chi connectivity index (χ3n) is 12.9. The second kappa shape index (κ2) is 17.4. The fraction of sp³-hybridized carbons (Fsp3) is 0.417. The van der Waals surface area contributed by atoms with Crippen LogP contribution in [0.5, 0.6) is 0 Å². The molecule has 0 bridgehead atoms. The maximum atomic E-state index is 12.9. The smallest absolute Gasteiger partial charge is 0.328 e. The van der Waals surface area contributed by atoms with Gasteiger partial charge in [-0.15, -0.1) is 0 Å². The highest BCUT2D eigenvalue weighted by Crippen LogP contribution is 2.34. The number of carbonyl (C=O) groups excluding carboxylic acids is 3. The first-order chi connectivity index (χ1) is 30.4. The minimum atomic E-state index is -0.385. The number of carbonyl (C=O) groups is 3. The molecule has 1 atom stereocenters. The molecule has 0 saturated carbocycles. The number of pyridine rings is 2. The van der Waals surface area contributed by atoms with Crippen LogP contribution >= 0.6 is 0 Å². The molecular weight excluding hydrogens is 795 g/mol. The van der Waals surface area contributed by atoms with Gasteiger partial charge in [-0.05, 0) is 124 Å². The number of aromatic amines is 1. The van der Waals surface area contributed by atoms with Crippen LogP contribution in [0.2, 0.25) is 0 Å². The molecular formula is C48H55N11O4. The summed E-state index contributed by atoms with van der Waals surface area (Å²) in [6, 6.07) is 20.1. The number of hydrogen-bond donors (Lipinski definition) is 3. The number of benzene rings is 2. The highest BCUT2D eigenvalue weighted by molar-refractivity contribution is 6.05. The predicted octanol–water partition coefficient (Wildman–Crippen LogP) is 7.71. The van der Waals surface area contributed by atoms with Gasteiger partial charge in [-0.1, -0.05) is 44.1 Å². The van der Waals surface area contributed by atoms with Crippen molar-refractivity contribution in [1.82, 2.24) is 45.8 Å². The summed E-state index contributed by atoms with van der Waals surface area (Å²) < 4.78 is 5.31. The van der Waals surface area contributed by atoms with Crippen LogP contribution in [0, 0.1) is 12.8 Å². The second-order valence-corrected chi connectivity index (χ2v) is 18.4. The first kappa shape index (κ1) is 41.9. The molecule has 0 spiro atoms. The van der Waals surface area contributed by atoms with Gasteiger partial charge in [0.05, 0.1) is 11.7 Å². The van der Waals surface area contributed by atoms with Crippen molar-refractivity contribution in [2.75, 3.05) is 49.1 Å². The Labute approximate surface area is 367 Å². The Morgan fingerprint density at radius 1 is 0.889 bits per heavy atom. The fourth-order valence-electron chi connectivity index (χ4n) is 9.19. The number of fused-ring (bicyclic) bond motifs is 1. The number of anilines is 2. The zero-order valence-corrected chi connectivity index (χ0v) is 36.6. The van der Waals surface area contributed by atoms with Crippen LogP contribution in [-0.4, -0.2) is 92.3 Å². The van der Waals surface area contributed by atoms with E-state index in [1.54, 1.807) is 4.90 Å². The molecule has 9 rings (SSSR count). The van der Waals surface area contributed by atoms with Crippen molar-refractivity contribution in [3.8, 4) is 22.5 Å². The largest absolute Gasteiger partial charge is 0.372 e. The topological polar surface area (TPSA) is 178 Å². The summed E-state index contributed by atoms with van der Waals surface area (Å²) in [4.78, 5) is 57.4. The lowest BCUT2D eigenvalue weighted by molar-refractivity contribution is -0.120. The Morgan fingerprint density at radius 2 is 1.65 bits per heavy atom.